The van der Waals surface area contributed by atoms with Crippen LogP contribution in [-0.2, 0) is 6.42 Å². The lowest BCUT2D eigenvalue weighted by Gasteiger charge is -2.51. The lowest BCUT2D eigenvalue weighted by molar-refractivity contribution is 0.0356. The van der Waals surface area contributed by atoms with Crippen molar-refractivity contribution in [3.63, 3.8) is 0 Å². The van der Waals surface area contributed by atoms with Gasteiger partial charge in [-0.3, -0.25) is 9.88 Å². The lowest BCUT2D eigenvalue weighted by atomic mass is 10.0. The van der Waals surface area contributed by atoms with E-state index in [-0.39, 0.29) is 0 Å². The molecular weight excluding hydrogens is 479 g/mol. The third-order valence-electron chi connectivity index (χ3n) is 8.44. The highest BCUT2D eigenvalue weighted by Gasteiger charge is 2.36. The fraction of sp³-hybridized carbons (Fsp3) is 0.483. The molecular formula is C29H35FN8. The molecule has 0 spiro atoms. The van der Waals surface area contributed by atoms with Crippen molar-refractivity contribution < 1.29 is 4.39 Å². The summed E-state index contributed by atoms with van der Waals surface area (Å²) in [5.41, 5.74) is 9.60. The van der Waals surface area contributed by atoms with E-state index < -0.39 is 12.2 Å². The first-order chi connectivity index (χ1) is 18.5. The number of piperazine rings is 2. The molecule has 5 heterocycles. The van der Waals surface area contributed by atoms with Crippen molar-refractivity contribution in [1.82, 2.24) is 19.8 Å². The Balaban J connectivity index is 1.10. The van der Waals surface area contributed by atoms with Gasteiger partial charge < -0.3 is 20.4 Å². The first kappa shape index (κ1) is 25.0. The Labute approximate surface area is 223 Å². The Kier molecular flexibility index (Phi) is 6.87. The number of alkyl halides is 1. The predicted octanol–water partition coefficient (Wildman–Crippen LogP) is 2.42. The number of nitrogens with two attached hydrogens (primary N) is 1. The number of hydrogen-bond donors (Lipinski definition) is 1. The van der Waals surface area contributed by atoms with E-state index in [1.54, 1.807) is 6.20 Å². The van der Waals surface area contributed by atoms with Crippen molar-refractivity contribution in [1.29, 1.82) is 5.26 Å². The van der Waals surface area contributed by atoms with Crippen LogP contribution in [0, 0.1) is 11.3 Å². The van der Waals surface area contributed by atoms with Crippen molar-refractivity contribution in [3.8, 4) is 6.07 Å². The summed E-state index contributed by atoms with van der Waals surface area (Å²) in [6.45, 7) is 9.26. The maximum absolute atomic E-state index is 13.8. The molecule has 3 aliphatic heterocycles. The minimum Gasteiger partial charge on any atom is -0.368 e. The normalized spacial score (nSPS) is 26.5. The summed E-state index contributed by atoms with van der Waals surface area (Å²) in [5, 5.41) is 10.6. The molecule has 3 aromatic rings. The summed E-state index contributed by atoms with van der Waals surface area (Å²) in [7, 11) is 0. The summed E-state index contributed by atoms with van der Waals surface area (Å²) < 4.78 is 13.8. The zero-order chi connectivity index (χ0) is 26.2. The van der Waals surface area contributed by atoms with Gasteiger partial charge in [-0.05, 0) is 49.2 Å². The zero-order valence-electron chi connectivity index (χ0n) is 21.9. The second kappa shape index (κ2) is 10.4. The molecule has 3 aliphatic rings. The summed E-state index contributed by atoms with van der Waals surface area (Å²) >= 11 is 0. The largest absolute Gasteiger partial charge is 0.368 e. The number of nitrogens with zero attached hydrogens (tertiary/aromatic N) is 7. The van der Waals surface area contributed by atoms with Crippen LogP contribution in [0.3, 0.4) is 0 Å². The van der Waals surface area contributed by atoms with E-state index in [0.717, 1.165) is 62.4 Å². The minimum atomic E-state index is -0.985. The van der Waals surface area contributed by atoms with Gasteiger partial charge in [0.2, 0.25) is 0 Å². The maximum Gasteiger partial charge on any atom is 0.134 e. The Bertz CT molecular complexity index is 1310. The first-order valence-electron chi connectivity index (χ1n) is 13.6. The number of aromatic nitrogens is 2. The molecule has 0 aliphatic carbocycles. The quantitative estimate of drug-likeness (QED) is 0.556. The van der Waals surface area contributed by atoms with E-state index in [9.17, 15) is 9.65 Å². The van der Waals surface area contributed by atoms with Gasteiger partial charge in [-0.25, -0.2) is 9.37 Å². The van der Waals surface area contributed by atoms with E-state index in [4.69, 9.17) is 5.73 Å². The molecule has 2 N–H and O–H groups in total. The number of hydrogen-bond acceptors (Lipinski definition) is 8. The average Bonchev–Trinajstić information content (AvgIpc) is 3.29. The topological polar surface area (TPSA) is 88.5 Å². The van der Waals surface area contributed by atoms with Crippen LogP contribution < -0.4 is 15.5 Å². The second-order valence-corrected chi connectivity index (χ2v) is 10.9. The number of benzene rings is 1. The van der Waals surface area contributed by atoms with Crippen molar-refractivity contribution in [2.45, 2.75) is 37.6 Å². The van der Waals surface area contributed by atoms with Crippen LogP contribution >= 0.6 is 0 Å². The molecule has 3 saturated heterocycles. The number of halogens is 1. The number of anilines is 2. The lowest BCUT2D eigenvalue weighted by Crippen LogP contribution is -2.65. The number of fused-ring (bicyclic) bond motifs is 2. The first-order valence-corrected chi connectivity index (χ1v) is 13.6. The Hall–Kier alpha value is -3.32. The van der Waals surface area contributed by atoms with Gasteiger partial charge in [-0.15, -0.1) is 0 Å². The molecule has 0 radical (unpaired) electrons. The summed E-state index contributed by atoms with van der Waals surface area (Å²) in [5.74, 6) is 0.805. The van der Waals surface area contributed by atoms with E-state index in [0.29, 0.717) is 30.7 Å². The number of pyridine rings is 2. The van der Waals surface area contributed by atoms with Crippen LogP contribution in [0.15, 0.2) is 48.8 Å². The second-order valence-electron chi connectivity index (χ2n) is 10.9. The fourth-order valence-electron chi connectivity index (χ4n) is 6.37. The Morgan fingerprint density at radius 2 is 1.92 bits per heavy atom. The van der Waals surface area contributed by atoms with Crippen LogP contribution in [0.4, 0.5) is 15.9 Å². The number of nitriles is 1. The zero-order valence-corrected chi connectivity index (χ0v) is 21.9. The Morgan fingerprint density at radius 3 is 2.68 bits per heavy atom. The molecule has 0 amide bonds. The summed E-state index contributed by atoms with van der Waals surface area (Å²) in [6, 6.07) is 14.9. The van der Waals surface area contributed by atoms with E-state index in [1.165, 1.54) is 11.3 Å². The molecule has 198 valence electrons. The van der Waals surface area contributed by atoms with Crippen molar-refractivity contribution in [3.05, 3.63) is 59.9 Å². The average molecular weight is 515 g/mol. The third-order valence-corrected chi connectivity index (χ3v) is 8.44. The fourth-order valence-corrected chi connectivity index (χ4v) is 6.37. The smallest absolute Gasteiger partial charge is 0.134 e. The van der Waals surface area contributed by atoms with Crippen LogP contribution in [0.25, 0.3) is 10.9 Å². The number of rotatable bonds is 5. The summed E-state index contributed by atoms with van der Waals surface area (Å²) in [6.07, 6.45) is 3.64. The van der Waals surface area contributed by atoms with E-state index in [1.807, 2.05) is 29.3 Å². The molecule has 4 atom stereocenters. The van der Waals surface area contributed by atoms with Crippen molar-refractivity contribution >= 4 is 22.4 Å². The summed E-state index contributed by atoms with van der Waals surface area (Å²) in [4.78, 5) is 18.7. The molecule has 2 aromatic heterocycles. The van der Waals surface area contributed by atoms with Gasteiger partial charge in [-0.1, -0.05) is 6.07 Å². The highest BCUT2D eigenvalue weighted by Crippen LogP contribution is 2.32. The van der Waals surface area contributed by atoms with Crippen LogP contribution in [0.1, 0.15) is 18.1 Å². The van der Waals surface area contributed by atoms with Crippen molar-refractivity contribution in [2.24, 2.45) is 5.73 Å². The van der Waals surface area contributed by atoms with Gasteiger partial charge in [0, 0.05) is 81.4 Å². The van der Waals surface area contributed by atoms with Crippen LogP contribution in [0.5, 0.6) is 0 Å². The van der Waals surface area contributed by atoms with Crippen molar-refractivity contribution in [2.75, 3.05) is 62.2 Å². The Morgan fingerprint density at radius 1 is 1.03 bits per heavy atom. The molecule has 0 saturated carbocycles. The van der Waals surface area contributed by atoms with Crippen LogP contribution in [-0.4, -0.2) is 96.4 Å². The molecule has 0 bridgehead atoms. The maximum atomic E-state index is 13.8. The van der Waals surface area contributed by atoms with Crippen LogP contribution in [0.2, 0.25) is 0 Å². The van der Waals surface area contributed by atoms with E-state index in [2.05, 4.69) is 55.9 Å². The predicted molar refractivity (Wildman–Crippen MR) is 148 cm³/mol. The SMILES string of the molecule is C[C@@H]1CN(c2ccc(C#N)c3ncccc23)C[C@@H]2CN(CCc3ccc(N4CC(F)[C@H](N)C4)nc3)CCN21. The molecule has 9 heteroatoms. The molecule has 38 heavy (non-hydrogen) atoms. The third kappa shape index (κ3) is 4.80. The minimum absolute atomic E-state index is 0.323. The highest BCUT2D eigenvalue weighted by molar-refractivity contribution is 5.95. The molecule has 1 unspecified atom stereocenters. The van der Waals surface area contributed by atoms with Gasteiger partial charge in [0.05, 0.1) is 23.7 Å². The molecule has 3 fully saturated rings. The monoisotopic (exact) mass is 514 g/mol. The van der Waals surface area contributed by atoms with Gasteiger partial charge in [0.25, 0.3) is 0 Å². The van der Waals surface area contributed by atoms with Gasteiger partial charge >= 0.3 is 0 Å². The van der Waals surface area contributed by atoms with E-state index >= 15 is 0 Å². The van der Waals surface area contributed by atoms with Gasteiger partial charge in [-0.2, -0.15) is 5.26 Å². The molecule has 6 rings (SSSR count). The molecule has 8 nitrogen and oxygen atoms in total. The highest BCUT2D eigenvalue weighted by atomic mass is 19.1. The molecule has 1 aromatic carbocycles. The van der Waals surface area contributed by atoms with Gasteiger partial charge in [0.15, 0.2) is 0 Å². The van der Waals surface area contributed by atoms with Gasteiger partial charge in [0.1, 0.15) is 18.1 Å². The standard InChI is InChI=1S/C29H35FN8/c1-20-15-36(27-6-5-22(13-31)29-24(27)3-2-9-33-29)17-23-16-35(11-12-38(20)23)10-8-21-4-7-28(34-14-21)37-18-25(30)26(32)19-37/h2-7,9,14,20,23,25-26H,8,10-12,15-19,32H2,1H3/t20-,23+,25?,26-/m1/s1.